The Labute approximate surface area is 137 Å². The summed E-state index contributed by atoms with van der Waals surface area (Å²) in [5, 5.41) is 9.04. The van der Waals surface area contributed by atoms with Gasteiger partial charge in [0.2, 0.25) is 10.0 Å². The van der Waals surface area contributed by atoms with Gasteiger partial charge in [-0.2, -0.15) is 0 Å². The topological polar surface area (TPSA) is 92.7 Å². The quantitative estimate of drug-likeness (QED) is 0.828. The van der Waals surface area contributed by atoms with E-state index >= 15 is 0 Å². The van der Waals surface area contributed by atoms with Gasteiger partial charge in [0.05, 0.1) is 13.5 Å². The zero-order valence-corrected chi connectivity index (χ0v) is 15.2. The van der Waals surface area contributed by atoms with E-state index < -0.39 is 27.4 Å². The van der Waals surface area contributed by atoms with Crippen LogP contribution in [0.25, 0.3) is 0 Å². The molecule has 0 radical (unpaired) electrons. The SMILES string of the molecule is COc1c(C)cc(C)cc1S(=O)(=O)N[C@@H](CC(=O)O)C(C)(C)C. The second kappa shape index (κ2) is 6.88. The van der Waals surface area contributed by atoms with Crippen LogP contribution < -0.4 is 9.46 Å². The Morgan fingerprint density at radius 2 is 1.87 bits per heavy atom. The molecule has 0 heterocycles. The first kappa shape index (κ1) is 19.4. The van der Waals surface area contributed by atoms with Crippen molar-refractivity contribution < 1.29 is 23.1 Å². The number of benzene rings is 1. The van der Waals surface area contributed by atoms with Gasteiger partial charge in [-0.1, -0.05) is 26.8 Å². The van der Waals surface area contributed by atoms with Crippen LogP contribution >= 0.6 is 0 Å². The maximum absolute atomic E-state index is 12.8. The van der Waals surface area contributed by atoms with Gasteiger partial charge in [0, 0.05) is 6.04 Å². The van der Waals surface area contributed by atoms with E-state index in [0.717, 1.165) is 5.56 Å². The molecule has 0 aliphatic rings. The number of carboxylic acid groups (broad SMARTS) is 1. The molecule has 7 heteroatoms. The molecule has 130 valence electrons. The van der Waals surface area contributed by atoms with Crippen molar-refractivity contribution in [2.24, 2.45) is 5.41 Å². The van der Waals surface area contributed by atoms with Crippen LogP contribution in [0.15, 0.2) is 17.0 Å². The van der Waals surface area contributed by atoms with Gasteiger partial charge in [-0.3, -0.25) is 4.79 Å². The monoisotopic (exact) mass is 343 g/mol. The molecule has 0 spiro atoms. The molecule has 0 saturated carbocycles. The lowest BCUT2D eigenvalue weighted by atomic mass is 9.85. The summed E-state index contributed by atoms with van der Waals surface area (Å²) in [5.41, 5.74) is 0.949. The number of ether oxygens (including phenoxy) is 1. The van der Waals surface area contributed by atoms with E-state index in [4.69, 9.17) is 9.84 Å². The number of rotatable bonds is 6. The third-order valence-corrected chi connectivity index (χ3v) is 5.08. The van der Waals surface area contributed by atoms with Crippen LogP contribution in [0.1, 0.15) is 38.3 Å². The third-order valence-electron chi connectivity index (χ3n) is 3.60. The molecule has 0 aromatic heterocycles. The molecule has 23 heavy (non-hydrogen) atoms. The number of methoxy groups -OCH3 is 1. The molecule has 0 aliphatic carbocycles. The number of carboxylic acids is 1. The smallest absolute Gasteiger partial charge is 0.304 e. The molecule has 0 bridgehead atoms. The first-order valence-electron chi connectivity index (χ1n) is 7.28. The van der Waals surface area contributed by atoms with E-state index in [1.54, 1.807) is 34.6 Å². The van der Waals surface area contributed by atoms with Gasteiger partial charge in [-0.05, 0) is 36.5 Å². The van der Waals surface area contributed by atoms with Crippen molar-refractivity contribution in [1.82, 2.24) is 4.72 Å². The fraction of sp³-hybridized carbons (Fsp3) is 0.562. The van der Waals surface area contributed by atoms with Gasteiger partial charge in [0.15, 0.2) is 0 Å². The van der Waals surface area contributed by atoms with Crippen LogP contribution in [0.3, 0.4) is 0 Å². The number of hydrogen-bond acceptors (Lipinski definition) is 4. The first-order chi connectivity index (χ1) is 10.4. The third kappa shape index (κ3) is 4.94. The number of carbonyl (C=O) groups is 1. The lowest BCUT2D eigenvalue weighted by Crippen LogP contribution is -2.45. The van der Waals surface area contributed by atoms with Crippen molar-refractivity contribution in [3.05, 3.63) is 23.3 Å². The van der Waals surface area contributed by atoms with Crippen LogP contribution in [0.5, 0.6) is 5.75 Å². The zero-order valence-electron chi connectivity index (χ0n) is 14.4. The highest BCUT2D eigenvalue weighted by Crippen LogP contribution is 2.31. The summed E-state index contributed by atoms with van der Waals surface area (Å²) in [6.45, 7) is 8.94. The van der Waals surface area contributed by atoms with Crippen molar-refractivity contribution in [3.63, 3.8) is 0 Å². The normalized spacial score (nSPS) is 13.7. The van der Waals surface area contributed by atoms with Crippen LogP contribution in [-0.4, -0.2) is 32.6 Å². The molecule has 1 rings (SSSR count). The van der Waals surface area contributed by atoms with Gasteiger partial charge in [-0.25, -0.2) is 13.1 Å². The predicted octanol–water partition coefficient (Wildman–Crippen LogP) is 2.48. The van der Waals surface area contributed by atoms with Crippen molar-refractivity contribution in [2.75, 3.05) is 7.11 Å². The van der Waals surface area contributed by atoms with Crippen LogP contribution in [-0.2, 0) is 14.8 Å². The summed E-state index contributed by atoms with van der Waals surface area (Å²) in [6, 6.07) is 2.61. The highest BCUT2D eigenvalue weighted by molar-refractivity contribution is 7.89. The molecule has 0 unspecified atom stereocenters. The Morgan fingerprint density at radius 1 is 1.30 bits per heavy atom. The largest absolute Gasteiger partial charge is 0.495 e. The van der Waals surface area contributed by atoms with E-state index in [2.05, 4.69) is 4.72 Å². The molecule has 0 saturated heterocycles. The number of sulfonamides is 1. The van der Waals surface area contributed by atoms with E-state index in [1.807, 2.05) is 6.07 Å². The van der Waals surface area contributed by atoms with Gasteiger partial charge in [-0.15, -0.1) is 0 Å². The molecule has 1 aromatic rings. The van der Waals surface area contributed by atoms with Crippen molar-refractivity contribution >= 4 is 16.0 Å². The zero-order chi connectivity index (χ0) is 18.0. The minimum Gasteiger partial charge on any atom is -0.495 e. The molecule has 1 aromatic carbocycles. The van der Waals surface area contributed by atoms with Gasteiger partial charge in [0.1, 0.15) is 10.6 Å². The summed E-state index contributed by atoms with van der Waals surface area (Å²) in [5.74, 6) is -0.786. The van der Waals surface area contributed by atoms with Crippen LogP contribution in [0, 0.1) is 19.3 Å². The summed E-state index contributed by atoms with van der Waals surface area (Å²) in [7, 11) is -2.50. The number of hydrogen-bond donors (Lipinski definition) is 2. The number of aryl methyl sites for hydroxylation is 2. The summed E-state index contributed by atoms with van der Waals surface area (Å²) in [6.07, 6.45) is -0.296. The van der Waals surface area contributed by atoms with E-state index in [0.29, 0.717) is 5.56 Å². The minimum atomic E-state index is -3.91. The average molecular weight is 343 g/mol. The maximum atomic E-state index is 12.8. The average Bonchev–Trinajstić information content (AvgIpc) is 2.35. The lowest BCUT2D eigenvalue weighted by molar-refractivity contribution is -0.138. The Hall–Kier alpha value is -1.60. The van der Waals surface area contributed by atoms with E-state index in [1.165, 1.54) is 13.2 Å². The van der Waals surface area contributed by atoms with E-state index in [9.17, 15) is 13.2 Å². The second-order valence-electron chi connectivity index (χ2n) is 6.75. The fourth-order valence-corrected chi connectivity index (χ4v) is 4.09. The molecular formula is C16H25NO5S. The molecule has 1 atom stereocenters. The Kier molecular flexibility index (Phi) is 5.82. The Balaban J connectivity index is 3.33. The molecule has 2 N–H and O–H groups in total. The highest BCUT2D eigenvalue weighted by Gasteiger charge is 2.33. The van der Waals surface area contributed by atoms with E-state index in [-0.39, 0.29) is 17.1 Å². The summed E-state index contributed by atoms with van der Waals surface area (Å²) >= 11 is 0. The highest BCUT2D eigenvalue weighted by atomic mass is 32.2. The first-order valence-corrected chi connectivity index (χ1v) is 8.76. The standard InChI is InChI=1S/C16H25NO5S/c1-10-7-11(2)15(22-6)12(8-10)23(20,21)17-13(9-14(18)19)16(3,4)5/h7-8,13,17H,9H2,1-6H3,(H,18,19)/t13-/m0/s1. The van der Waals surface area contributed by atoms with Gasteiger partial charge < -0.3 is 9.84 Å². The van der Waals surface area contributed by atoms with Crippen LogP contribution in [0.2, 0.25) is 0 Å². The van der Waals surface area contributed by atoms with Crippen LogP contribution in [0.4, 0.5) is 0 Å². The second-order valence-corrected chi connectivity index (χ2v) is 8.43. The molecule has 0 aliphatic heterocycles. The Morgan fingerprint density at radius 3 is 2.30 bits per heavy atom. The number of aliphatic carboxylic acids is 1. The van der Waals surface area contributed by atoms with Crippen molar-refractivity contribution in [2.45, 2.75) is 52.0 Å². The lowest BCUT2D eigenvalue weighted by Gasteiger charge is -2.30. The fourth-order valence-electron chi connectivity index (χ4n) is 2.33. The van der Waals surface area contributed by atoms with Crippen molar-refractivity contribution in [3.8, 4) is 5.75 Å². The molecule has 0 fully saturated rings. The van der Waals surface area contributed by atoms with Crippen molar-refractivity contribution in [1.29, 1.82) is 0 Å². The van der Waals surface area contributed by atoms with Gasteiger partial charge in [0.25, 0.3) is 0 Å². The maximum Gasteiger partial charge on any atom is 0.304 e. The molecular weight excluding hydrogens is 318 g/mol. The summed E-state index contributed by atoms with van der Waals surface area (Å²) < 4.78 is 33.3. The summed E-state index contributed by atoms with van der Waals surface area (Å²) in [4.78, 5) is 11.1. The molecule has 6 nitrogen and oxygen atoms in total. The number of nitrogens with one attached hydrogen (secondary N) is 1. The Bertz CT molecular complexity index is 689. The van der Waals surface area contributed by atoms with Gasteiger partial charge >= 0.3 is 5.97 Å². The predicted molar refractivity (Wildman–Crippen MR) is 88.3 cm³/mol. The minimum absolute atomic E-state index is 0.0251. The molecule has 0 amide bonds.